The van der Waals surface area contributed by atoms with E-state index in [0.29, 0.717) is 12.1 Å². The number of likely N-dealkylation sites (tertiary alicyclic amines) is 1. The molecule has 0 amide bonds. The van der Waals surface area contributed by atoms with Crippen LogP contribution >= 0.6 is 0 Å². The molecule has 6 heteroatoms. The van der Waals surface area contributed by atoms with Crippen molar-refractivity contribution in [3.63, 3.8) is 0 Å². The highest BCUT2D eigenvalue weighted by Crippen LogP contribution is 2.36. The molecule has 1 N–H and O–H groups in total. The Balaban J connectivity index is 1.48. The van der Waals surface area contributed by atoms with Gasteiger partial charge in [-0.3, -0.25) is 4.90 Å². The Labute approximate surface area is 125 Å². The zero-order valence-electron chi connectivity index (χ0n) is 12.5. The third kappa shape index (κ3) is 2.72. The highest BCUT2D eigenvalue weighted by molar-refractivity contribution is 5.01. The van der Waals surface area contributed by atoms with Gasteiger partial charge in [0.15, 0.2) is 0 Å². The lowest BCUT2D eigenvalue weighted by Crippen LogP contribution is -2.42. The first-order valence-corrected chi connectivity index (χ1v) is 8.33. The number of hydrogen-bond donors (Lipinski definition) is 1. The molecule has 0 aliphatic carbocycles. The smallest absolute Gasteiger partial charge is 0.244 e. The molecule has 21 heavy (non-hydrogen) atoms. The molecule has 0 radical (unpaired) electrons. The molecule has 0 spiro atoms. The van der Waals surface area contributed by atoms with Crippen molar-refractivity contribution in [2.75, 3.05) is 26.2 Å². The van der Waals surface area contributed by atoms with Crippen molar-refractivity contribution in [2.24, 2.45) is 0 Å². The second kappa shape index (κ2) is 6.02. The number of aromatic nitrogens is 2. The van der Waals surface area contributed by atoms with Crippen LogP contribution in [0.25, 0.3) is 0 Å². The van der Waals surface area contributed by atoms with E-state index in [1.165, 1.54) is 19.3 Å². The van der Waals surface area contributed by atoms with E-state index in [1.807, 2.05) is 0 Å². The predicted octanol–water partition coefficient (Wildman–Crippen LogP) is 1.81. The van der Waals surface area contributed by atoms with E-state index < -0.39 is 0 Å². The van der Waals surface area contributed by atoms with Gasteiger partial charge in [-0.2, -0.15) is 4.98 Å². The molecule has 3 saturated heterocycles. The molecule has 0 aromatic carbocycles. The maximum absolute atomic E-state index is 5.65. The van der Waals surface area contributed by atoms with Gasteiger partial charge in [0, 0.05) is 12.6 Å². The van der Waals surface area contributed by atoms with Crippen LogP contribution in [0.1, 0.15) is 62.4 Å². The minimum Gasteiger partial charge on any atom is -0.370 e. The lowest BCUT2D eigenvalue weighted by molar-refractivity contribution is 0.102. The summed E-state index contributed by atoms with van der Waals surface area (Å²) in [4.78, 5) is 7.25. The fourth-order valence-electron chi connectivity index (χ4n) is 3.92. The van der Waals surface area contributed by atoms with Crippen molar-refractivity contribution >= 4 is 0 Å². The second-order valence-electron chi connectivity index (χ2n) is 6.37. The molecule has 0 bridgehead atoms. The average molecular weight is 292 g/mol. The van der Waals surface area contributed by atoms with E-state index in [9.17, 15) is 0 Å². The standard InChI is InChI=1S/C15H24N4O2/c1-3-12(19(9-1)11-5-7-16-8-6-11)15-17-14(18-21-15)13-4-2-10-20-13/h11-13,16H,1-10H2. The van der Waals surface area contributed by atoms with E-state index in [4.69, 9.17) is 9.26 Å². The Morgan fingerprint density at radius 3 is 2.81 bits per heavy atom. The van der Waals surface area contributed by atoms with Crippen molar-refractivity contribution in [3.8, 4) is 0 Å². The monoisotopic (exact) mass is 292 g/mol. The summed E-state index contributed by atoms with van der Waals surface area (Å²) in [6.45, 7) is 4.23. The largest absolute Gasteiger partial charge is 0.370 e. The maximum atomic E-state index is 5.65. The molecule has 2 unspecified atom stereocenters. The molecule has 3 aliphatic rings. The summed E-state index contributed by atoms with van der Waals surface area (Å²) in [6, 6.07) is 0.979. The van der Waals surface area contributed by atoms with E-state index in [2.05, 4.69) is 20.4 Å². The maximum Gasteiger partial charge on any atom is 0.244 e. The Bertz CT molecular complexity index is 466. The summed E-state index contributed by atoms with van der Waals surface area (Å²) in [7, 11) is 0. The van der Waals surface area contributed by atoms with Gasteiger partial charge in [-0.1, -0.05) is 5.16 Å². The van der Waals surface area contributed by atoms with E-state index in [1.54, 1.807) is 0 Å². The van der Waals surface area contributed by atoms with Gasteiger partial charge in [0.1, 0.15) is 6.10 Å². The number of nitrogens with one attached hydrogen (secondary N) is 1. The molecule has 1 aromatic rings. The number of rotatable bonds is 3. The SMILES string of the molecule is C1COC(c2noc(C3CCCN3C3CCNCC3)n2)C1. The Kier molecular flexibility index (Phi) is 3.92. The number of nitrogens with zero attached hydrogens (tertiary/aromatic N) is 3. The lowest BCUT2D eigenvalue weighted by Gasteiger charge is -2.34. The zero-order valence-corrected chi connectivity index (χ0v) is 12.5. The van der Waals surface area contributed by atoms with Crippen LogP contribution in [0, 0.1) is 0 Å². The minimum absolute atomic E-state index is 0.0521. The van der Waals surface area contributed by atoms with Crippen molar-refractivity contribution < 1.29 is 9.26 Å². The molecule has 116 valence electrons. The molecule has 0 saturated carbocycles. The first kappa shape index (κ1) is 13.7. The van der Waals surface area contributed by atoms with E-state index in [-0.39, 0.29) is 6.10 Å². The van der Waals surface area contributed by atoms with Crippen molar-refractivity contribution in [2.45, 2.75) is 56.7 Å². The average Bonchev–Trinajstić information content (AvgIpc) is 3.27. The topological polar surface area (TPSA) is 63.4 Å². The Morgan fingerprint density at radius 1 is 1.10 bits per heavy atom. The molecule has 2 atom stereocenters. The summed E-state index contributed by atoms with van der Waals surface area (Å²) in [5, 5.41) is 7.61. The molecular formula is C15H24N4O2. The molecular weight excluding hydrogens is 268 g/mol. The van der Waals surface area contributed by atoms with Gasteiger partial charge < -0.3 is 14.6 Å². The third-order valence-electron chi connectivity index (χ3n) is 5.03. The van der Waals surface area contributed by atoms with Gasteiger partial charge in [-0.25, -0.2) is 0 Å². The second-order valence-corrected chi connectivity index (χ2v) is 6.37. The van der Waals surface area contributed by atoms with Gasteiger partial charge in [-0.05, 0) is 58.2 Å². The van der Waals surface area contributed by atoms with Crippen LogP contribution in [-0.4, -0.2) is 47.3 Å². The number of hydrogen-bond acceptors (Lipinski definition) is 6. The Morgan fingerprint density at radius 2 is 2.00 bits per heavy atom. The minimum atomic E-state index is 0.0521. The molecule has 3 fully saturated rings. The summed E-state index contributed by atoms with van der Waals surface area (Å²) in [6.07, 6.45) is 6.98. The van der Waals surface area contributed by atoms with Crippen LogP contribution < -0.4 is 5.32 Å². The van der Waals surface area contributed by atoms with Crippen LogP contribution in [0.15, 0.2) is 4.52 Å². The molecule has 1 aromatic heterocycles. The normalized spacial score (nSPS) is 32.0. The summed E-state index contributed by atoms with van der Waals surface area (Å²) < 4.78 is 11.2. The van der Waals surface area contributed by atoms with Gasteiger partial charge in [0.2, 0.25) is 11.7 Å². The fraction of sp³-hybridized carbons (Fsp3) is 0.867. The molecule has 4 heterocycles. The van der Waals surface area contributed by atoms with Crippen LogP contribution in [0.3, 0.4) is 0 Å². The Hall–Kier alpha value is -0.980. The van der Waals surface area contributed by atoms with E-state index >= 15 is 0 Å². The van der Waals surface area contributed by atoms with Gasteiger partial charge in [0.25, 0.3) is 0 Å². The number of ether oxygens (including phenoxy) is 1. The van der Waals surface area contributed by atoms with Crippen molar-refractivity contribution in [1.29, 1.82) is 0 Å². The van der Waals surface area contributed by atoms with Crippen molar-refractivity contribution in [1.82, 2.24) is 20.4 Å². The van der Waals surface area contributed by atoms with Gasteiger partial charge in [0.05, 0.1) is 6.04 Å². The quantitative estimate of drug-likeness (QED) is 0.916. The molecule has 4 rings (SSSR count). The summed E-state index contributed by atoms with van der Waals surface area (Å²) >= 11 is 0. The van der Waals surface area contributed by atoms with Crippen molar-refractivity contribution in [3.05, 3.63) is 11.7 Å². The first-order chi connectivity index (χ1) is 10.4. The van der Waals surface area contributed by atoms with Crippen LogP contribution in [-0.2, 0) is 4.74 Å². The van der Waals surface area contributed by atoms with Crippen LogP contribution in [0.4, 0.5) is 0 Å². The predicted molar refractivity (Wildman–Crippen MR) is 76.8 cm³/mol. The lowest BCUT2D eigenvalue weighted by atomic mass is 10.0. The fourth-order valence-corrected chi connectivity index (χ4v) is 3.92. The summed E-state index contributed by atoms with van der Waals surface area (Å²) in [5.41, 5.74) is 0. The van der Waals surface area contributed by atoms with Crippen LogP contribution in [0.5, 0.6) is 0 Å². The summed E-state index contributed by atoms with van der Waals surface area (Å²) in [5.74, 6) is 1.55. The van der Waals surface area contributed by atoms with Crippen LogP contribution in [0.2, 0.25) is 0 Å². The van der Waals surface area contributed by atoms with Gasteiger partial charge in [-0.15, -0.1) is 0 Å². The number of piperidine rings is 1. The zero-order chi connectivity index (χ0) is 14.1. The molecule has 6 nitrogen and oxygen atoms in total. The molecule has 3 aliphatic heterocycles. The highest BCUT2D eigenvalue weighted by atomic mass is 16.5. The first-order valence-electron chi connectivity index (χ1n) is 8.33. The third-order valence-corrected chi connectivity index (χ3v) is 5.03. The highest BCUT2D eigenvalue weighted by Gasteiger charge is 2.36. The van der Waals surface area contributed by atoms with E-state index in [0.717, 1.165) is 57.2 Å². The van der Waals surface area contributed by atoms with Gasteiger partial charge >= 0.3 is 0 Å².